The summed E-state index contributed by atoms with van der Waals surface area (Å²) in [5.74, 6) is -0.514. The number of nitrogens with zero attached hydrogens (tertiary/aromatic N) is 1. The van der Waals surface area contributed by atoms with Gasteiger partial charge in [0.15, 0.2) is 0 Å². The molecule has 0 bridgehead atoms. The van der Waals surface area contributed by atoms with Crippen molar-refractivity contribution in [2.45, 2.75) is 18.7 Å². The number of anilines is 1. The van der Waals surface area contributed by atoms with Crippen LogP contribution in [0.5, 0.6) is 0 Å². The number of carbonyl (C=O) groups is 1. The summed E-state index contributed by atoms with van der Waals surface area (Å²) >= 11 is 0. The normalized spacial score (nSPS) is 11.3. The van der Waals surface area contributed by atoms with Gasteiger partial charge < -0.3 is 4.74 Å². The van der Waals surface area contributed by atoms with Crippen LogP contribution in [-0.4, -0.2) is 26.0 Å². The van der Waals surface area contributed by atoms with Crippen LogP contribution in [0, 0.1) is 6.92 Å². The number of rotatable bonds is 5. The lowest BCUT2D eigenvalue weighted by Gasteiger charge is -2.11. The number of nitrogens with one attached hydrogen (secondary N) is 1. The Bertz CT molecular complexity index is 1060. The van der Waals surface area contributed by atoms with Crippen molar-refractivity contribution < 1.29 is 17.9 Å². The van der Waals surface area contributed by atoms with E-state index >= 15 is 0 Å². The van der Waals surface area contributed by atoms with Crippen molar-refractivity contribution in [2.24, 2.45) is 0 Å². The number of ether oxygens (including phenoxy) is 1. The Morgan fingerprint density at radius 2 is 1.81 bits per heavy atom. The van der Waals surface area contributed by atoms with Gasteiger partial charge in [-0.3, -0.25) is 4.72 Å². The van der Waals surface area contributed by atoms with Gasteiger partial charge in [0.25, 0.3) is 10.0 Å². The lowest BCUT2D eigenvalue weighted by atomic mass is 10.1. The molecule has 0 radical (unpaired) electrons. The average molecular weight is 370 g/mol. The second kappa shape index (κ2) is 7.13. The number of aryl methyl sites for hydroxylation is 1. The largest absolute Gasteiger partial charge is 0.461 e. The van der Waals surface area contributed by atoms with Gasteiger partial charge in [-0.15, -0.1) is 0 Å². The summed E-state index contributed by atoms with van der Waals surface area (Å²) in [6, 6.07) is 14.8. The Balaban J connectivity index is 1.98. The molecule has 0 saturated carbocycles. The number of aromatic nitrogens is 1. The van der Waals surface area contributed by atoms with Crippen LogP contribution in [0.25, 0.3) is 10.9 Å². The summed E-state index contributed by atoms with van der Waals surface area (Å²) < 4.78 is 32.8. The Kier molecular flexibility index (Phi) is 4.90. The summed E-state index contributed by atoms with van der Waals surface area (Å²) in [6.07, 6.45) is 0. The molecule has 1 N–H and O–H groups in total. The van der Waals surface area contributed by atoms with E-state index in [9.17, 15) is 13.2 Å². The topological polar surface area (TPSA) is 85.4 Å². The van der Waals surface area contributed by atoms with Gasteiger partial charge in [-0.1, -0.05) is 23.8 Å². The highest BCUT2D eigenvalue weighted by Crippen LogP contribution is 2.25. The molecule has 0 aliphatic heterocycles. The third-order valence-corrected chi connectivity index (χ3v) is 5.17. The predicted octanol–water partition coefficient (Wildman–Crippen LogP) is 3.52. The zero-order valence-corrected chi connectivity index (χ0v) is 15.2. The predicted molar refractivity (Wildman–Crippen MR) is 99.7 cm³/mol. The van der Waals surface area contributed by atoms with E-state index in [1.807, 2.05) is 6.92 Å². The van der Waals surface area contributed by atoms with Crippen LogP contribution in [0.2, 0.25) is 0 Å². The smallest absolute Gasteiger partial charge is 0.356 e. The first-order valence-electron chi connectivity index (χ1n) is 8.07. The van der Waals surface area contributed by atoms with Crippen LogP contribution in [0.15, 0.2) is 59.5 Å². The van der Waals surface area contributed by atoms with Crippen molar-refractivity contribution in [2.75, 3.05) is 11.3 Å². The Morgan fingerprint density at radius 3 is 2.50 bits per heavy atom. The number of hydrogen-bond donors (Lipinski definition) is 1. The van der Waals surface area contributed by atoms with Gasteiger partial charge in [0, 0.05) is 5.39 Å². The highest BCUT2D eigenvalue weighted by Gasteiger charge is 2.16. The molecule has 0 spiro atoms. The van der Waals surface area contributed by atoms with Crippen molar-refractivity contribution in [1.29, 1.82) is 0 Å². The van der Waals surface area contributed by atoms with Crippen molar-refractivity contribution in [3.63, 3.8) is 0 Å². The fourth-order valence-corrected chi connectivity index (χ4v) is 3.56. The lowest BCUT2D eigenvalue weighted by molar-refractivity contribution is 0.0520. The number of pyridine rings is 1. The average Bonchev–Trinajstić information content (AvgIpc) is 2.62. The maximum atomic E-state index is 12.6. The number of benzene rings is 2. The molecule has 1 aromatic heterocycles. The quantitative estimate of drug-likeness (QED) is 0.695. The molecule has 7 heteroatoms. The van der Waals surface area contributed by atoms with E-state index < -0.39 is 16.0 Å². The van der Waals surface area contributed by atoms with Crippen LogP contribution in [0.4, 0.5) is 5.69 Å². The number of esters is 1. The number of hydrogen-bond acceptors (Lipinski definition) is 5. The molecule has 0 aliphatic carbocycles. The van der Waals surface area contributed by atoms with E-state index in [1.165, 1.54) is 6.07 Å². The van der Waals surface area contributed by atoms with Gasteiger partial charge in [0.2, 0.25) is 0 Å². The minimum atomic E-state index is -3.73. The zero-order valence-electron chi connectivity index (χ0n) is 14.4. The third-order valence-electron chi connectivity index (χ3n) is 3.79. The van der Waals surface area contributed by atoms with E-state index in [2.05, 4.69) is 9.71 Å². The minimum Gasteiger partial charge on any atom is -0.461 e. The molecule has 0 amide bonds. The Morgan fingerprint density at radius 1 is 1.08 bits per heavy atom. The number of fused-ring (bicyclic) bond motifs is 1. The van der Waals surface area contributed by atoms with E-state index in [1.54, 1.807) is 55.5 Å². The second-order valence-electron chi connectivity index (χ2n) is 5.71. The molecular formula is C19H18N2O4S. The second-order valence-corrected chi connectivity index (χ2v) is 7.39. The van der Waals surface area contributed by atoms with Gasteiger partial charge in [0.1, 0.15) is 5.69 Å². The molecule has 0 fully saturated rings. The summed E-state index contributed by atoms with van der Waals surface area (Å²) in [4.78, 5) is 16.3. The highest BCUT2D eigenvalue weighted by molar-refractivity contribution is 7.92. The first kappa shape index (κ1) is 17.9. The summed E-state index contributed by atoms with van der Waals surface area (Å²) in [6.45, 7) is 3.87. The van der Waals surface area contributed by atoms with Gasteiger partial charge in [-0.05, 0) is 50.2 Å². The summed E-state index contributed by atoms with van der Waals surface area (Å²) in [5, 5.41) is 0.594. The first-order chi connectivity index (χ1) is 12.4. The van der Waals surface area contributed by atoms with Gasteiger partial charge in [-0.2, -0.15) is 0 Å². The maximum Gasteiger partial charge on any atom is 0.356 e. The van der Waals surface area contributed by atoms with Crippen LogP contribution in [0.3, 0.4) is 0 Å². The first-order valence-corrected chi connectivity index (χ1v) is 9.55. The highest BCUT2D eigenvalue weighted by atomic mass is 32.2. The van der Waals surface area contributed by atoms with Crippen molar-refractivity contribution in [3.05, 3.63) is 65.9 Å². The molecule has 3 aromatic rings. The Hall–Kier alpha value is -2.93. The lowest BCUT2D eigenvalue weighted by Crippen LogP contribution is -2.13. The molecule has 3 rings (SSSR count). The molecule has 0 aliphatic rings. The van der Waals surface area contributed by atoms with Crippen LogP contribution >= 0.6 is 0 Å². The van der Waals surface area contributed by atoms with Gasteiger partial charge in [0.05, 0.1) is 22.7 Å². The number of carbonyl (C=O) groups excluding carboxylic acids is 1. The molecule has 0 unspecified atom stereocenters. The van der Waals surface area contributed by atoms with Crippen molar-refractivity contribution >= 4 is 32.6 Å². The van der Waals surface area contributed by atoms with Crippen LogP contribution < -0.4 is 4.72 Å². The van der Waals surface area contributed by atoms with Crippen molar-refractivity contribution in [3.8, 4) is 0 Å². The monoisotopic (exact) mass is 370 g/mol. The molecule has 26 heavy (non-hydrogen) atoms. The molecule has 2 aromatic carbocycles. The standard InChI is InChI=1S/C19H18N2O4S/c1-3-25-19(22)18-12-11-15-16(20-18)5-4-6-17(15)21-26(23,24)14-9-7-13(2)8-10-14/h4-12,21H,3H2,1-2H3. The molecule has 0 atom stereocenters. The van der Waals surface area contributed by atoms with E-state index in [0.29, 0.717) is 16.6 Å². The molecule has 6 nitrogen and oxygen atoms in total. The van der Waals surface area contributed by atoms with E-state index in [4.69, 9.17) is 4.74 Å². The van der Waals surface area contributed by atoms with Crippen LogP contribution in [0.1, 0.15) is 23.0 Å². The van der Waals surface area contributed by atoms with E-state index in [0.717, 1.165) is 5.56 Å². The van der Waals surface area contributed by atoms with E-state index in [-0.39, 0.29) is 17.2 Å². The molecule has 1 heterocycles. The molecular weight excluding hydrogens is 352 g/mol. The van der Waals surface area contributed by atoms with Crippen LogP contribution in [-0.2, 0) is 14.8 Å². The maximum absolute atomic E-state index is 12.6. The summed E-state index contributed by atoms with van der Waals surface area (Å²) in [7, 11) is -3.73. The molecule has 134 valence electrons. The minimum absolute atomic E-state index is 0.177. The SMILES string of the molecule is CCOC(=O)c1ccc2c(NS(=O)(=O)c3ccc(C)cc3)cccc2n1. The zero-order chi connectivity index (χ0) is 18.7. The Labute approximate surface area is 151 Å². The van der Waals surface area contributed by atoms with Gasteiger partial charge in [-0.25, -0.2) is 18.2 Å². The number of sulfonamides is 1. The fraction of sp³-hybridized carbons (Fsp3) is 0.158. The molecule has 0 saturated heterocycles. The van der Waals surface area contributed by atoms with Crippen molar-refractivity contribution in [1.82, 2.24) is 4.98 Å². The fourth-order valence-electron chi connectivity index (χ4n) is 2.48. The third kappa shape index (κ3) is 3.67. The van der Waals surface area contributed by atoms with Gasteiger partial charge >= 0.3 is 5.97 Å². The summed E-state index contributed by atoms with van der Waals surface area (Å²) in [5.41, 5.74) is 2.05.